The maximum atomic E-state index is 11.9. The Hall–Kier alpha value is -3.94. The highest BCUT2D eigenvalue weighted by Gasteiger charge is 2.05. The summed E-state index contributed by atoms with van der Waals surface area (Å²) in [4.78, 5) is 26.8. The standard InChI is InChI=1S/C20H18N4O4/c1-13(22-23-18-19(25)24(2)12-11-21-18)14-3-7-16(8-4-14)28-17-9-5-15(6-10-17)20(26)27/h3-12H,1-2H3,(H,21,23)(H,26,27)/b22-13+. The molecule has 0 aliphatic carbocycles. The van der Waals surface area contributed by atoms with Crippen molar-refractivity contribution >= 4 is 17.5 Å². The van der Waals surface area contributed by atoms with Crippen LogP contribution in [0.4, 0.5) is 5.82 Å². The van der Waals surface area contributed by atoms with Crippen LogP contribution in [-0.2, 0) is 7.05 Å². The lowest BCUT2D eigenvalue weighted by Crippen LogP contribution is -2.20. The van der Waals surface area contributed by atoms with Gasteiger partial charge in [0.2, 0.25) is 5.82 Å². The molecule has 0 unspecified atom stereocenters. The summed E-state index contributed by atoms with van der Waals surface area (Å²) < 4.78 is 7.12. The first-order valence-electron chi connectivity index (χ1n) is 8.37. The predicted octanol–water partition coefficient (Wildman–Crippen LogP) is 3.11. The molecule has 0 spiro atoms. The van der Waals surface area contributed by atoms with Gasteiger partial charge in [-0.3, -0.25) is 10.2 Å². The van der Waals surface area contributed by atoms with Gasteiger partial charge in [-0.25, -0.2) is 9.78 Å². The fourth-order valence-electron chi connectivity index (χ4n) is 2.34. The molecule has 0 aliphatic heterocycles. The highest BCUT2D eigenvalue weighted by atomic mass is 16.5. The summed E-state index contributed by atoms with van der Waals surface area (Å²) in [6.07, 6.45) is 3.09. The molecule has 8 nitrogen and oxygen atoms in total. The van der Waals surface area contributed by atoms with Gasteiger partial charge < -0.3 is 14.4 Å². The van der Waals surface area contributed by atoms with E-state index in [1.54, 1.807) is 44.4 Å². The summed E-state index contributed by atoms with van der Waals surface area (Å²) >= 11 is 0. The topological polar surface area (TPSA) is 106 Å². The van der Waals surface area contributed by atoms with Crippen molar-refractivity contribution in [2.75, 3.05) is 5.43 Å². The second kappa shape index (κ2) is 8.17. The quantitative estimate of drug-likeness (QED) is 0.504. The number of hydrogen-bond acceptors (Lipinski definition) is 6. The van der Waals surface area contributed by atoms with Crippen LogP contribution in [0.1, 0.15) is 22.8 Å². The highest BCUT2D eigenvalue weighted by molar-refractivity contribution is 5.99. The Kier molecular flexibility index (Phi) is 5.50. The van der Waals surface area contributed by atoms with Crippen LogP contribution < -0.4 is 15.7 Å². The van der Waals surface area contributed by atoms with Crippen molar-refractivity contribution in [2.45, 2.75) is 6.92 Å². The molecule has 0 radical (unpaired) electrons. The number of carbonyl (C=O) groups is 1. The van der Waals surface area contributed by atoms with Crippen LogP contribution in [0.15, 0.2) is 70.8 Å². The number of aromatic carboxylic acids is 1. The largest absolute Gasteiger partial charge is 0.478 e. The molecular formula is C20H18N4O4. The smallest absolute Gasteiger partial charge is 0.335 e. The van der Waals surface area contributed by atoms with Crippen LogP contribution in [-0.4, -0.2) is 26.3 Å². The van der Waals surface area contributed by atoms with E-state index in [1.165, 1.54) is 22.9 Å². The number of carboxylic acids is 1. The van der Waals surface area contributed by atoms with Crippen molar-refractivity contribution in [1.29, 1.82) is 0 Å². The van der Waals surface area contributed by atoms with Gasteiger partial charge in [0.1, 0.15) is 11.5 Å². The molecule has 0 saturated heterocycles. The van der Waals surface area contributed by atoms with E-state index in [2.05, 4.69) is 15.5 Å². The van der Waals surface area contributed by atoms with Crippen LogP contribution in [0, 0.1) is 0 Å². The van der Waals surface area contributed by atoms with Crippen LogP contribution >= 0.6 is 0 Å². The molecule has 0 amide bonds. The lowest BCUT2D eigenvalue weighted by atomic mass is 10.1. The Labute approximate surface area is 160 Å². The van der Waals surface area contributed by atoms with Crippen LogP contribution in [0.25, 0.3) is 0 Å². The van der Waals surface area contributed by atoms with Gasteiger partial charge in [-0.2, -0.15) is 5.10 Å². The fourth-order valence-corrected chi connectivity index (χ4v) is 2.34. The molecule has 1 aromatic heterocycles. The molecule has 0 aliphatic rings. The number of anilines is 1. The third-order valence-electron chi connectivity index (χ3n) is 3.96. The molecule has 0 bridgehead atoms. The third kappa shape index (κ3) is 4.42. The van der Waals surface area contributed by atoms with E-state index in [0.29, 0.717) is 17.2 Å². The molecule has 3 rings (SSSR count). The van der Waals surface area contributed by atoms with E-state index in [9.17, 15) is 9.59 Å². The number of aryl methyl sites for hydroxylation is 1. The SMILES string of the molecule is C/C(=N\Nc1nccn(C)c1=O)c1ccc(Oc2ccc(C(=O)O)cc2)cc1. The second-order valence-corrected chi connectivity index (χ2v) is 5.96. The molecule has 0 atom stereocenters. The monoisotopic (exact) mass is 378 g/mol. The van der Waals surface area contributed by atoms with Crippen molar-refractivity contribution < 1.29 is 14.6 Å². The number of benzene rings is 2. The van der Waals surface area contributed by atoms with E-state index < -0.39 is 5.97 Å². The first kappa shape index (κ1) is 18.8. The molecule has 2 aromatic carbocycles. The van der Waals surface area contributed by atoms with Crippen molar-refractivity contribution in [2.24, 2.45) is 12.1 Å². The number of ether oxygens (including phenoxy) is 1. The number of hydrazone groups is 1. The van der Waals surface area contributed by atoms with Gasteiger partial charge in [-0.05, 0) is 61.0 Å². The van der Waals surface area contributed by atoms with Crippen LogP contribution in [0.2, 0.25) is 0 Å². The number of nitrogens with zero attached hydrogens (tertiary/aromatic N) is 3. The fraction of sp³-hybridized carbons (Fsp3) is 0.100. The maximum absolute atomic E-state index is 11.9. The molecule has 1 heterocycles. The number of rotatable bonds is 6. The Bertz CT molecular complexity index is 1070. The van der Waals surface area contributed by atoms with Gasteiger partial charge in [0.15, 0.2) is 0 Å². The first-order chi connectivity index (χ1) is 13.4. The Morgan fingerprint density at radius 2 is 1.64 bits per heavy atom. The zero-order valence-corrected chi connectivity index (χ0v) is 15.3. The van der Waals surface area contributed by atoms with Crippen LogP contribution in [0.5, 0.6) is 11.5 Å². The van der Waals surface area contributed by atoms with Gasteiger partial charge in [0.25, 0.3) is 5.56 Å². The molecule has 8 heteroatoms. The molecule has 0 fully saturated rings. The molecule has 142 valence electrons. The van der Waals surface area contributed by atoms with Crippen molar-refractivity contribution in [3.63, 3.8) is 0 Å². The molecule has 0 saturated carbocycles. The average molecular weight is 378 g/mol. The Morgan fingerprint density at radius 1 is 1.07 bits per heavy atom. The predicted molar refractivity (Wildman–Crippen MR) is 105 cm³/mol. The van der Waals surface area contributed by atoms with Crippen molar-refractivity contribution in [3.8, 4) is 11.5 Å². The van der Waals surface area contributed by atoms with E-state index >= 15 is 0 Å². The van der Waals surface area contributed by atoms with Crippen LogP contribution in [0.3, 0.4) is 0 Å². The highest BCUT2D eigenvalue weighted by Crippen LogP contribution is 2.22. The first-order valence-corrected chi connectivity index (χ1v) is 8.37. The summed E-state index contributed by atoms with van der Waals surface area (Å²) in [5.41, 5.74) is 4.13. The molecule has 3 aromatic rings. The van der Waals surface area contributed by atoms with Gasteiger partial charge in [-0.1, -0.05) is 0 Å². The lowest BCUT2D eigenvalue weighted by molar-refractivity contribution is 0.0697. The minimum absolute atomic E-state index is 0.147. The molecule has 2 N–H and O–H groups in total. The third-order valence-corrected chi connectivity index (χ3v) is 3.96. The zero-order chi connectivity index (χ0) is 20.1. The van der Waals surface area contributed by atoms with E-state index in [1.807, 2.05) is 12.1 Å². The average Bonchev–Trinajstić information content (AvgIpc) is 2.70. The summed E-state index contributed by atoms with van der Waals surface area (Å²) in [7, 11) is 1.64. The molecule has 28 heavy (non-hydrogen) atoms. The number of hydrogen-bond donors (Lipinski definition) is 2. The summed E-state index contributed by atoms with van der Waals surface area (Å²) in [5.74, 6) is 0.305. The summed E-state index contributed by atoms with van der Waals surface area (Å²) in [6, 6.07) is 13.4. The van der Waals surface area contributed by atoms with E-state index in [4.69, 9.17) is 9.84 Å². The number of nitrogens with one attached hydrogen (secondary N) is 1. The van der Waals surface area contributed by atoms with E-state index in [0.717, 1.165) is 5.56 Å². The second-order valence-electron chi connectivity index (χ2n) is 5.96. The number of carboxylic acid groups (broad SMARTS) is 1. The summed E-state index contributed by atoms with van der Waals surface area (Å²) in [5, 5.41) is 13.1. The summed E-state index contributed by atoms with van der Waals surface area (Å²) in [6.45, 7) is 1.81. The lowest BCUT2D eigenvalue weighted by Gasteiger charge is -2.07. The normalized spacial score (nSPS) is 11.1. The van der Waals surface area contributed by atoms with Crippen molar-refractivity contribution in [3.05, 3.63) is 82.4 Å². The zero-order valence-electron chi connectivity index (χ0n) is 15.3. The Balaban J connectivity index is 1.68. The Morgan fingerprint density at radius 3 is 2.21 bits per heavy atom. The van der Waals surface area contributed by atoms with E-state index in [-0.39, 0.29) is 16.9 Å². The molecular weight excluding hydrogens is 360 g/mol. The van der Waals surface area contributed by atoms with Gasteiger partial charge >= 0.3 is 5.97 Å². The maximum Gasteiger partial charge on any atom is 0.335 e. The van der Waals surface area contributed by atoms with Gasteiger partial charge in [-0.15, -0.1) is 0 Å². The van der Waals surface area contributed by atoms with Gasteiger partial charge in [0.05, 0.1) is 11.3 Å². The minimum Gasteiger partial charge on any atom is -0.478 e. The van der Waals surface area contributed by atoms with Gasteiger partial charge in [0, 0.05) is 19.4 Å². The number of aromatic nitrogens is 2. The van der Waals surface area contributed by atoms with Crippen molar-refractivity contribution in [1.82, 2.24) is 9.55 Å². The minimum atomic E-state index is -0.983.